The maximum atomic E-state index is 13.6. The van der Waals surface area contributed by atoms with Crippen molar-refractivity contribution in [1.29, 1.82) is 0 Å². The van der Waals surface area contributed by atoms with Crippen LogP contribution in [0.4, 0.5) is 26.2 Å². The number of hydrogen-bond acceptors (Lipinski definition) is 2. The third-order valence-electron chi connectivity index (χ3n) is 5.78. The zero-order valence-electron chi connectivity index (χ0n) is 20.4. The van der Waals surface area contributed by atoms with Gasteiger partial charge in [-0.25, -0.2) is 9.18 Å². The number of para-hydroxylation sites is 1. The molecular weight excluding hydrogens is 413 g/mol. The molecule has 2 amide bonds. The van der Waals surface area contributed by atoms with Crippen molar-refractivity contribution in [2.24, 2.45) is 0 Å². The molecule has 33 heavy (non-hydrogen) atoms. The van der Waals surface area contributed by atoms with Gasteiger partial charge in [-0.05, 0) is 64.9 Å². The van der Waals surface area contributed by atoms with Gasteiger partial charge in [-0.3, -0.25) is 4.90 Å². The number of halogens is 1. The van der Waals surface area contributed by atoms with Crippen molar-refractivity contribution in [3.05, 3.63) is 89.2 Å². The van der Waals surface area contributed by atoms with Crippen LogP contribution >= 0.6 is 0 Å². The molecule has 0 saturated carbocycles. The van der Waals surface area contributed by atoms with Crippen molar-refractivity contribution < 1.29 is 9.18 Å². The Bertz CT molecular complexity index is 1050. The highest BCUT2D eigenvalue weighted by Gasteiger charge is 2.21. The highest BCUT2D eigenvalue weighted by atomic mass is 19.1. The summed E-state index contributed by atoms with van der Waals surface area (Å²) in [4.78, 5) is 17.3. The van der Waals surface area contributed by atoms with E-state index >= 15 is 0 Å². The van der Waals surface area contributed by atoms with Crippen molar-refractivity contribution in [2.75, 3.05) is 29.2 Å². The van der Waals surface area contributed by atoms with Crippen LogP contribution in [0.5, 0.6) is 0 Å². The third-order valence-corrected chi connectivity index (χ3v) is 5.78. The number of rotatable bonds is 7. The fourth-order valence-corrected chi connectivity index (χ4v) is 3.85. The van der Waals surface area contributed by atoms with Gasteiger partial charge in [0, 0.05) is 31.2 Å². The lowest BCUT2D eigenvalue weighted by Crippen LogP contribution is -2.35. The molecule has 0 fully saturated rings. The molecule has 0 bridgehead atoms. The number of nitrogens with one attached hydrogen (secondary N) is 1. The Morgan fingerprint density at radius 3 is 1.82 bits per heavy atom. The topological polar surface area (TPSA) is 35.6 Å². The summed E-state index contributed by atoms with van der Waals surface area (Å²) in [6.07, 6.45) is 0. The molecule has 5 heteroatoms. The number of amides is 2. The normalized spacial score (nSPS) is 11.1. The summed E-state index contributed by atoms with van der Waals surface area (Å²) in [5, 5.41) is 3.19. The van der Waals surface area contributed by atoms with Crippen LogP contribution < -0.4 is 15.1 Å². The second-order valence-corrected chi connectivity index (χ2v) is 9.17. The fraction of sp³-hybridized carbons (Fsp3) is 0.321. The molecule has 0 saturated heterocycles. The van der Waals surface area contributed by atoms with Crippen molar-refractivity contribution >= 4 is 23.1 Å². The smallest absolute Gasteiger partial charge is 0.326 e. The van der Waals surface area contributed by atoms with E-state index in [2.05, 4.69) is 45.1 Å². The van der Waals surface area contributed by atoms with Gasteiger partial charge in [0.25, 0.3) is 0 Å². The lowest BCUT2D eigenvalue weighted by Gasteiger charge is -2.27. The van der Waals surface area contributed by atoms with E-state index in [1.165, 1.54) is 12.1 Å². The van der Waals surface area contributed by atoms with Crippen LogP contribution in [0.1, 0.15) is 56.2 Å². The molecular formula is C28H34FN3O. The minimum atomic E-state index is -0.332. The molecule has 0 aliphatic rings. The quantitative estimate of drug-likeness (QED) is 0.410. The van der Waals surface area contributed by atoms with Gasteiger partial charge in [-0.1, -0.05) is 58.0 Å². The van der Waals surface area contributed by atoms with E-state index in [-0.39, 0.29) is 23.7 Å². The minimum Gasteiger partial charge on any atom is -0.378 e. The monoisotopic (exact) mass is 447 g/mol. The van der Waals surface area contributed by atoms with Gasteiger partial charge in [-0.2, -0.15) is 0 Å². The first-order chi connectivity index (χ1) is 15.7. The third kappa shape index (κ3) is 5.92. The predicted octanol–water partition coefficient (Wildman–Crippen LogP) is 7.38. The van der Waals surface area contributed by atoms with Gasteiger partial charge >= 0.3 is 6.03 Å². The molecule has 0 radical (unpaired) electrons. The Balaban J connectivity index is 1.97. The highest BCUT2D eigenvalue weighted by molar-refractivity contribution is 6.02. The highest BCUT2D eigenvalue weighted by Crippen LogP contribution is 2.33. The summed E-state index contributed by atoms with van der Waals surface area (Å²) in [5.74, 6) is 0.190. The zero-order valence-corrected chi connectivity index (χ0v) is 20.4. The summed E-state index contributed by atoms with van der Waals surface area (Å²) in [7, 11) is 3.98. The van der Waals surface area contributed by atoms with Gasteiger partial charge in [-0.15, -0.1) is 0 Å². The second kappa shape index (κ2) is 10.5. The number of nitrogens with zero attached hydrogens (tertiary/aromatic N) is 2. The Morgan fingerprint density at radius 1 is 0.818 bits per heavy atom. The van der Waals surface area contributed by atoms with Crippen molar-refractivity contribution in [3.8, 4) is 0 Å². The van der Waals surface area contributed by atoms with Gasteiger partial charge in [0.05, 0.1) is 6.54 Å². The van der Waals surface area contributed by atoms with Crippen molar-refractivity contribution in [3.63, 3.8) is 0 Å². The number of anilines is 3. The summed E-state index contributed by atoms with van der Waals surface area (Å²) >= 11 is 0. The van der Waals surface area contributed by atoms with Crippen molar-refractivity contribution in [2.45, 2.75) is 46.1 Å². The van der Waals surface area contributed by atoms with Crippen LogP contribution in [0.2, 0.25) is 0 Å². The van der Waals surface area contributed by atoms with Crippen LogP contribution in [0.15, 0.2) is 66.7 Å². The molecule has 3 rings (SSSR count). The number of carbonyl (C=O) groups is 1. The molecule has 3 aromatic carbocycles. The summed E-state index contributed by atoms with van der Waals surface area (Å²) in [5.41, 5.74) is 5.78. The first-order valence-corrected chi connectivity index (χ1v) is 11.4. The maximum absolute atomic E-state index is 13.6. The van der Waals surface area contributed by atoms with E-state index in [0.29, 0.717) is 12.2 Å². The summed E-state index contributed by atoms with van der Waals surface area (Å²) in [6.45, 7) is 8.86. The van der Waals surface area contributed by atoms with Crippen LogP contribution in [0.25, 0.3) is 0 Å². The molecule has 174 valence electrons. The Labute approximate surface area is 197 Å². The maximum Gasteiger partial charge on any atom is 0.326 e. The fourth-order valence-electron chi connectivity index (χ4n) is 3.85. The minimum absolute atomic E-state index is 0.242. The molecule has 0 heterocycles. The average Bonchev–Trinajstić information content (AvgIpc) is 2.78. The van der Waals surface area contributed by atoms with Crippen LogP contribution in [0.3, 0.4) is 0 Å². The molecule has 4 nitrogen and oxygen atoms in total. The summed E-state index contributed by atoms with van der Waals surface area (Å²) in [6, 6.07) is 20.1. The number of urea groups is 1. The van der Waals surface area contributed by atoms with E-state index in [1.807, 2.05) is 49.3 Å². The average molecular weight is 448 g/mol. The Hall–Kier alpha value is -3.34. The standard InChI is InChI=1S/C28H34FN3O/c1-19(2)25-8-7-9-26(20(3)4)27(25)30-28(33)32(24-16-12-22(29)13-17-24)18-21-10-14-23(15-11-21)31(5)6/h7-17,19-20H,18H2,1-6H3,(H,30,33). The molecule has 0 atom stereocenters. The van der Waals surface area contributed by atoms with E-state index < -0.39 is 0 Å². The number of benzene rings is 3. The molecule has 0 aromatic heterocycles. The molecule has 3 aromatic rings. The number of hydrogen-bond donors (Lipinski definition) is 1. The van der Waals surface area contributed by atoms with E-state index in [9.17, 15) is 9.18 Å². The molecule has 1 N–H and O–H groups in total. The lowest BCUT2D eigenvalue weighted by atomic mass is 9.93. The predicted molar refractivity (Wildman–Crippen MR) is 137 cm³/mol. The van der Waals surface area contributed by atoms with E-state index in [4.69, 9.17) is 0 Å². The Morgan fingerprint density at radius 2 is 1.33 bits per heavy atom. The van der Waals surface area contributed by atoms with Crippen LogP contribution in [-0.4, -0.2) is 20.1 Å². The largest absolute Gasteiger partial charge is 0.378 e. The first kappa shape index (κ1) is 24.3. The molecule has 0 spiro atoms. The van der Waals surface area contributed by atoms with Gasteiger partial charge in [0.15, 0.2) is 0 Å². The SMILES string of the molecule is CC(C)c1cccc(C(C)C)c1NC(=O)N(Cc1ccc(N(C)C)cc1)c1ccc(F)cc1. The van der Waals surface area contributed by atoms with E-state index in [1.54, 1.807) is 17.0 Å². The van der Waals surface area contributed by atoms with Crippen LogP contribution in [-0.2, 0) is 6.54 Å². The van der Waals surface area contributed by atoms with Crippen LogP contribution in [0, 0.1) is 5.82 Å². The molecule has 0 aliphatic heterocycles. The molecule has 0 aliphatic carbocycles. The van der Waals surface area contributed by atoms with Gasteiger partial charge in [0.2, 0.25) is 0 Å². The zero-order chi connectivity index (χ0) is 24.1. The Kier molecular flexibility index (Phi) is 7.75. The lowest BCUT2D eigenvalue weighted by molar-refractivity contribution is 0.256. The second-order valence-electron chi connectivity index (χ2n) is 9.17. The van der Waals surface area contributed by atoms with Crippen molar-refractivity contribution in [1.82, 2.24) is 0 Å². The summed E-state index contributed by atoms with van der Waals surface area (Å²) < 4.78 is 13.6. The van der Waals surface area contributed by atoms with E-state index in [0.717, 1.165) is 28.1 Å². The van der Waals surface area contributed by atoms with Gasteiger partial charge < -0.3 is 10.2 Å². The first-order valence-electron chi connectivity index (χ1n) is 11.4. The number of carbonyl (C=O) groups excluding carboxylic acids is 1. The molecule has 0 unspecified atom stereocenters. The van der Waals surface area contributed by atoms with Gasteiger partial charge in [0.1, 0.15) is 5.82 Å².